The Bertz CT molecular complexity index is 2100. The van der Waals surface area contributed by atoms with Gasteiger partial charge in [0.1, 0.15) is 18.3 Å². The summed E-state index contributed by atoms with van der Waals surface area (Å²) >= 11 is 1.62. The van der Waals surface area contributed by atoms with Crippen LogP contribution in [0.1, 0.15) is 49.2 Å². The van der Waals surface area contributed by atoms with Crippen molar-refractivity contribution in [2.45, 2.75) is 55.5 Å². The number of carbonyl (C=O) groups is 1. The van der Waals surface area contributed by atoms with Crippen LogP contribution in [-0.4, -0.2) is 30.4 Å². The third-order valence-electron chi connectivity index (χ3n) is 8.03. The lowest BCUT2D eigenvalue weighted by molar-refractivity contribution is -0.139. The molecule has 0 aliphatic rings. The average molecular weight is 670 g/mol. The normalized spacial score (nSPS) is 12.8. The topological polar surface area (TPSA) is 77.2 Å². The summed E-state index contributed by atoms with van der Waals surface area (Å²) < 4.78 is 46.9. The van der Waals surface area contributed by atoms with Gasteiger partial charge < -0.3 is 14.4 Å². The number of halogens is 3. The summed E-state index contributed by atoms with van der Waals surface area (Å²) in [6.07, 6.45) is -3.43. The van der Waals surface area contributed by atoms with Gasteiger partial charge in [-0.2, -0.15) is 13.2 Å². The van der Waals surface area contributed by atoms with Crippen molar-refractivity contribution in [2.24, 2.45) is 7.05 Å². The van der Waals surface area contributed by atoms with Crippen molar-refractivity contribution >= 4 is 39.5 Å². The van der Waals surface area contributed by atoms with Crippen LogP contribution in [0, 0.1) is 0 Å². The number of nitrogens with zero attached hydrogens (tertiary/aromatic N) is 3. The lowest BCUT2D eigenvalue weighted by Crippen LogP contribution is -2.19. The van der Waals surface area contributed by atoms with E-state index in [0.29, 0.717) is 22.7 Å². The third kappa shape index (κ3) is 7.18. The van der Waals surface area contributed by atoms with Gasteiger partial charge in [0, 0.05) is 50.4 Å². The fourth-order valence-corrected chi connectivity index (χ4v) is 7.00. The molecular formula is C38H34F3N3O3S. The number of para-hydroxylation sites is 1. The highest BCUT2D eigenvalue weighted by Crippen LogP contribution is 2.45. The monoisotopic (exact) mass is 669 g/mol. The summed E-state index contributed by atoms with van der Waals surface area (Å²) in [6.45, 7) is 6.56. The highest BCUT2D eigenvalue weighted by molar-refractivity contribution is 8.00. The molecule has 6 aromatic rings. The minimum atomic E-state index is -4.46. The SMILES string of the molecule is Cn1c(C(Cc2ccc(-c3ccc(C(F)(F)F)cn3)cc2)C(=O)O)c(SC(C)(C)C)c2cc(OCc3ccc4ccccc4n3)ccc21. The van der Waals surface area contributed by atoms with Gasteiger partial charge in [0.2, 0.25) is 0 Å². The van der Waals surface area contributed by atoms with Crippen LogP contribution in [0.4, 0.5) is 13.2 Å². The van der Waals surface area contributed by atoms with Crippen LogP contribution in [0.2, 0.25) is 0 Å². The first kappa shape index (κ1) is 33.1. The number of thioether (sulfide) groups is 1. The van der Waals surface area contributed by atoms with Crippen molar-refractivity contribution in [2.75, 3.05) is 0 Å². The molecule has 0 amide bonds. The molecule has 6 nitrogen and oxygen atoms in total. The molecule has 1 atom stereocenters. The number of carboxylic acid groups (broad SMARTS) is 1. The predicted molar refractivity (Wildman–Crippen MR) is 183 cm³/mol. The number of aliphatic carboxylic acids is 1. The van der Waals surface area contributed by atoms with E-state index < -0.39 is 23.6 Å². The second kappa shape index (κ2) is 13.0. The quantitative estimate of drug-likeness (QED) is 0.155. The van der Waals surface area contributed by atoms with Gasteiger partial charge in [-0.05, 0) is 54.4 Å². The number of hydrogen-bond donors (Lipinski definition) is 1. The van der Waals surface area contributed by atoms with Crippen molar-refractivity contribution in [1.82, 2.24) is 14.5 Å². The zero-order valence-corrected chi connectivity index (χ0v) is 27.7. The molecule has 246 valence electrons. The highest BCUT2D eigenvalue weighted by atomic mass is 32.2. The van der Waals surface area contributed by atoms with E-state index in [0.717, 1.165) is 50.2 Å². The van der Waals surface area contributed by atoms with E-state index >= 15 is 0 Å². The summed E-state index contributed by atoms with van der Waals surface area (Å²) in [5.41, 5.74) is 4.29. The standard InChI is InChI=1S/C38H34F3N3O3S/c1-37(2,3)48-35-29-20-28(47-22-27-15-13-24-7-5-6-8-32(24)43-27)16-18-33(29)44(4)34(35)30(36(45)46)19-23-9-11-25(12-10-23)31-17-14-26(21-42-31)38(39,40)41/h5-18,20-21,30H,19,22H2,1-4H3,(H,45,46). The van der Waals surface area contributed by atoms with Gasteiger partial charge in [0.05, 0.1) is 22.5 Å². The minimum Gasteiger partial charge on any atom is -0.487 e. The second-order valence-corrected chi connectivity index (χ2v) is 14.5. The van der Waals surface area contributed by atoms with Crippen molar-refractivity contribution in [1.29, 1.82) is 0 Å². The molecule has 48 heavy (non-hydrogen) atoms. The van der Waals surface area contributed by atoms with Gasteiger partial charge in [-0.25, -0.2) is 4.98 Å². The Morgan fingerprint density at radius 3 is 2.38 bits per heavy atom. The van der Waals surface area contributed by atoms with Crippen LogP contribution in [0.3, 0.4) is 0 Å². The predicted octanol–water partition coefficient (Wildman–Crippen LogP) is 9.69. The Labute approximate surface area is 280 Å². The molecule has 0 saturated heterocycles. The summed E-state index contributed by atoms with van der Waals surface area (Å²) in [4.78, 5) is 22.5. The number of rotatable bonds is 9. The van der Waals surface area contributed by atoms with E-state index in [2.05, 4.69) is 25.8 Å². The van der Waals surface area contributed by atoms with Crippen LogP contribution >= 0.6 is 11.8 Å². The average Bonchev–Trinajstić information content (AvgIpc) is 3.31. The first-order valence-electron chi connectivity index (χ1n) is 15.4. The molecule has 0 aliphatic heterocycles. The van der Waals surface area contributed by atoms with Gasteiger partial charge in [0.15, 0.2) is 0 Å². The van der Waals surface area contributed by atoms with Crippen molar-refractivity contribution in [3.05, 3.63) is 120 Å². The number of hydrogen-bond acceptors (Lipinski definition) is 5. The Hall–Kier alpha value is -4.83. The molecule has 3 aromatic heterocycles. The molecule has 3 aromatic carbocycles. The molecule has 0 fully saturated rings. The number of ether oxygens (including phenoxy) is 1. The Kier molecular flexibility index (Phi) is 8.96. The molecule has 0 radical (unpaired) electrons. The summed E-state index contributed by atoms with van der Waals surface area (Å²) in [6, 6.07) is 27.2. The number of alkyl halides is 3. The zero-order chi connectivity index (χ0) is 34.2. The second-order valence-electron chi connectivity index (χ2n) is 12.7. The Morgan fingerprint density at radius 1 is 0.958 bits per heavy atom. The van der Waals surface area contributed by atoms with Gasteiger partial charge in [-0.1, -0.05) is 69.3 Å². The summed E-state index contributed by atoms with van der Waals surface area (Å²) in [7, 11) is 1.89. The van der Waals surface area contributed by atoms with Crippen LogP contribution in [-0.2, 0) is 31.0 Å². The van der Waals surface area contributed by atoms with Gasteiger partial charge >= 0.3 is 12.1 Å². The summed E-state index contributed by atoms with van der Waals surface area (Å²) in [5.74, 6) is -1.16. The number of aryl methyl sites for hydroxylation is 1. The maximum atomic E-state index is 13.0. The van der Waals surface area contributed by atoms with Crippen LogP contribution in [0.25, 0.3) is 33.1 Å². The van der Waals surface area contributed by atoms with E-state index in [9.17, 15) is 23.1 Å². The van der Waals surface area contributed by atoms with E-state index in [-0.39, 0.29) is 17.8 Å². The third-order valence-corrected chi connectivity index (χ3v) is 9.27. The van der Waals surface area contributed by atoms with Gasteiger partial charge in [-0.3, -0.25) is 9.78 Å². The smallest absolute Gasteiger partial charge is 0.417 e. The minimum absolute atomic E-state index is 0.214. The van der Waals surface area contributed by atoms with Crippen molar-refractivity contribution in [3.8, 4) is 17.0 Å². The van der Waals surface area contributed by atoms with E-state index in [1.54, 1.807) is 36.0 Å². The fraction of sp³-hybridized carbons (Fsp3) is 0.237. The molecule has 0 spiro atoms. The lowest BCUT2D eigenvalue weighted by atomic mass is 9.95. The Morgan fingerprint density at radius 2 is 1.71 bits per heavy atom. The first-order chi connectivity index (χ1) is 22.8. The van der Waals surface area contributed by atoms with E-state index in [4.69, 9.17) is 9.72 Å². The molecule has 0 aliphatic carbocycles. The molecule has 1 unspecified atom stereocenters. The zero-order valence-electron chi connectivity index (χ0n) is 26.9. The largest absolute Gasteiger partial charge is 0.487 e. The number of carboxylic acids is 1. The van der Waals surface area contributed by atoms with Gasteiger partial charge in [0.25, 0.3) is 0 Å². The van der Waals surface area contributed by atoms with Crippen molar-refractivity contribution < 1.29 is 27.8 Å². The molecule has 0 bridgehead atoms. The maximum Gasteiger partial charge on any atom is 0.417 e. The Balaban J connectivity index is 1.30. The molecular weight excluding hydrogens is 635 g/mol. The maximum absolute atomic E-state index is 13.0. The lowest BCUT2D eigenvalue weighted by Gasteiger charge is -2.22. The van der Waals surface area contributed by atoms with Crippen LogP contribution in [0.15, 0.2) is 102 Å². The fourth-order valence-electron chi connectivity index (χ4n) is 5.73. The number of pyridine rings is 2. The van der Waals surface area contributed by atoms with Gasteiger partial charge in [-0.15, -0.1) is 11.8 Å². The highest BCUT2D eigenvalue weighted by Gasteiger charge is 2.32. The molecule has 3 heterocycles. The number of aromatic nitrogens is 3. The molecule has 0 saturated carbocycles. The first-order valence-corrected chi connectivity index (χ1v) is 16.2. The molecule has 10 heteroatoms. The number of benzene rings is 3. The van der Waals surface area contributed by atoms with E-state index in [1.165, 1.54) is 6.07 Å². The van der Waals surface area contributed by atoms with Crippen LogP contribution < -0.4 is 4.74 Å². The summed E-state index contributed by atoms with van der Waals surface area (Å²) in [5, 5.41) is 12.5. The number of fused-ring (bicyclic) bond motifs is 2. The van der Waals surface area contributed by atoms with Crippen LogP contribution in [0.5, 0.6) is 5.75 Å². The molecule has 6 rings (SSSR count). The van der Waals surface area contributed by atoms with E-state index in [1.807, 2.05) is 66.2 Å². The molecule has 1 N–H and O–H groups in total. The van der Waals surface area contributed by atoms with Crippen molar-refractivity contribution in [3.63, 3.8) is 0 Å².